The minimum atomic E-state index is -3.33. The normalized spacial score (nSPS) is 21.1. The third kappa shape index (κ3) is 4.59. The lowest BCUT2D eigenvalue weighted by atomic mass is 10.2. The largest absolute Gasteiger partial charge is 0.299 e. The number of likely N-dealkylation sites (tertiary alicyclic amines) is 1. The van der Waals surface area contributed by atoms with Crippen molar-refractivity contribution in [3.8, 4) is 0 Å². The Kier molecular flexibility index (Phi) is 4.59. The molecular weight excluding hydrogens is 264 g/mol. The van der Waals surface area contributed by atoms with Crippen LogP contribution in [0.25, 0.3) is 0 Å². The average Bonchev–Trinajstić information content (AvgIpc) is 2.88. The maximum absolute atomic E-state index is 10.9. The number of rotatable bonds is 6. The Bertz CT molecular complexity index is 512. The van der Waals surface area contributed by atoms with E-state index in [4.69, 9.17) is 5.14 Å². The van der Waals surface area contributed by atoms with Gasteiger partial charge in [0.25, 0.3) is 0 Å². The molecular formula is C12H22N4O2S. The first kappa shape index (κ1) is 14.5. The summed E-state index contributed by atoms with van der Waals surface area (Å²) in [5.41, 5.74) is 1.17. The zero-order valence-corrected chi connectivity index (χ0v) is 12.1. The summed E-state index contributed by atoms with van der Waals surface area (Å²) in [5.74, 6) is 0.0666. The van der Waals surface area contributed by atoms with Crippen LogP contribution in [0.2, 0.25) is 0 Å². The van der Waals surface area contributed by atoms with Crippen molar-refractivity contribution in [2.45, 2.75) is 38.8 Å². The van der Waals surface area contributed by atoms with Gasteiger partial charge in [0.2, 0.25) is 10.0 Å². The fourth-order valence-corrected chi connectivity index (χ4v) is 3.18. The standard InChI is InChI=1S/C12H22N4O2S/c1-11-8-14-16(9-11)10-12-4-2-5-15(12)6-3-7-19(13,17)18/h8-9,12H,2-7,10H2,1H3,(H2,13,17,18). The summed E-state index contributed by atoms with van der Waals surface area (Å²) in [6, 6.07) is 0.458. The average molecular weight is 286 g/mol. The molecule has 0 spiro atoms. The topological polar surface area (TPSA) is 81.2 Å². The molecule has 108 valence electrons. The quantitative estimate of drug-likeness (QED) is 0.817. The Morgan fingerprint density at radius 2 is 2.32 bits per heavy atom. The lowest BCUT2D eigenvalue weighted by Crippen LogP contribution is -2.35. The second kappa shape index (κ2) is 6.02. The molecule has 0 aliphatic carbocycles. The van der Waals surface area contributed by atoms with E-state index < -0.39 is 10.0 Å². The smallest absolute Gasteiger partial charge is 0.209 e. The van der Waals surface area contributed by atoms with E-state index in [0.29, 0.717) is 12.5 Å². The van der Waals surface area contributed by atoms with Crippen molar-refractivity contribution in [2.75, 3.05) is 18.8 Å². The van der Waals surface area contributed by atoms with Gasteiger partial charge in [-0.15, -0.1) is 0 Å². The minimum Gasteiger partial charge on any atom is -0.299 e. The highest BCUT2D eigenvalue weighted by molar-refractivity contribution is 7.89. The van der Waals surface area contributed by atoms with Crippen LogP contribution in [0.5, 0.6) is 0 Å². The third-order valence-corrected chi connectivity index (χ3v) is 4.39. The minimum absolute atomic E-state index is 0.0666. The highest BCUT2D eigenvalue weighted by atomic mass is 32.2. The zero-order valence-electron chi connectivity index (χ0n) is 11.3. The van der Waals surface area contributed by atoms with E-state index in [0.717, 1.165) is 26.1 Å². The lowest BCUT2D eigenvalue weighted by molar-refractivity contribution is 0.228. The summed E-state index contributed by atoms with van der Waals surface area (Å²) in [6.45, 7) is 4.74. The maximum atomic E-state index is 10.9. The van der Waals surface area contributed by atoms with Crippen LogP contribution in [0.4, 0.5) is 0 Å². The Hall–Kier alpha value is -0.920. The molecule has 0 radical (unpaired) electrons. The van der Waals surface area contributed by atoms with Gasteiger partial charge in [-0.3, -0.25) is 9.58 Å². The maximum Gasteiger partial charge on any atom is 0.209 e. The first-order valence-corrected chi connectivity index (χ1v) is 8.39. The first-order chi connectivity index (χ1) is 8.94. The van der Waals surface area contributed by atoms with Crippen LogP contribution in [-0.2, 0) is 16.6 Å². The SMILES string of the molecule is Cc1cnn(CC2CCCN2CCCS(N)(=O)=O)c1. The zero-order chi connectivity index (χ0) is 13.9. The number of primary sulfonamides is 1. The van der Waals surface area contributed by atoms with Crippen LogP contribution in [0.3, 0.4) is 0 Å². The molecule has 2 rings (SSSR count). The van der Waals surface area contributed by atoms with Crippen LogP contribution in [0.1, 0.15) is 24.8 Å². The van der Waals surface area contributed by atoms with E-state index in [9.17, 15) is 8.42 Å². The van der Waals surface area contributed by atoms with Crippen LogP contribution in [-0.4, -0.2) is 48.0 Å². The predicted octanol–water partition coefficient (Wildman–Crippen LogP) is 0.335. The van der Waals surface area contributed by atoms with Gasteiger partial charge < -0.3 is 0 Å². The van der Waals surface area contributed by atoms with Gasteiger partial charge in [0.1, 0.15) is 0 Å². The molecule has 2 N–H and O–H groups in total. The molecule has 0 amide bonds. The Balaban J connectivity index is 1.83. The van der Waals surface area contributed by atoms with Crippen LogP contribution < -0.4 is 5.14 Å². The van der Waals surface area contributed by atoms with Crippen molar-refractivity contribution in [2.24, 2.45) is 5.14 Å². The van der Waals surface area contributed by atoms with E-state index in [1.165, 1.54) is 12.0 Å². The molecule has 1 atom stereocenters. The summed E-state index contributed by atoms with van der Waals surface area (Å²) < 4.78 is 23.8. The van der Waals surface area contributed by atoms with Crippen molar-refractivity contribution in [1.82, 2.24) is 14.7 Å². The molecule has 0 saturated carbocycles. The molecule has 1 aromatic rings. The molecule has 19 heavy (non-hydrogen) atoms. The number of aryl methyl sites for hydroxylation is 1. The van der Waals surface area contributed by atoms with Crippen molar-refractivity contribution >= 4 is 10.0 Å². The molecule has 2 heterocycles. The lowest BCUT2D eigenvalue weighted by Gasteiger charge is -2.24. The Morgan fingerprint density at radius 3 is 2.95 bits per heavy atom. The van der Waals surface area contributed by atoms with Crippen LogP contribution in [0.15, 0.2) is 12.4 Å². The summed E-state index contributed by atoms with van der Waals surface area (Å²) in [6.07, 6.45) is 6.82. The molecule has 6 nitrogen and oxygen atoms in total. The summed E-state index contributed by atoms with van der Waals surface area (Å²) in [5, 5.41) is 9.33. The monoisotopic (exact) mass is 286 g/mol. The van der Waals surface area contributed by atoms with Crippen molar-refractivity contribution in [3.05, 3.63) is 18.0 Å². The number of aromatic nitrogens is 2. The van der Waals surface area contributed by atoms with Gasteiger partial charge in [0.15, 0.2) is 0 Å². The predicted molar refractivity (Wildman–Crippen MR) is 74.2 cm³/mol. The van der Waals surface area contributed by atoms with Crippen LogP contribution >= 0.6 is 0 Å². The van der Waals surface area contributed by atoms with Crippen molar-refractivity contribution in [3.63, 3.8) is 0 Å². The second-order valence-corrected chi connectivity index (χ2v) is 7.03. The molecule has 1 unspecified atom stereocenters. The van der Waals surface area contributed by atoms with Crippen LogP contribution in [0, 0.1) is 6.92 Å². The van der Waals surface area contributed by atoms with Crippen molar-refractivity contribution in [1.29, 1.82) is 0 Å². The molecule has 1 aliphatic rings. The molecule has 1 fully saturated rings. The van der Waals surface area contributed by atoms with Gasteiger partial charge in [0, 0.05) is 12.2 Å². The fourth-order valence-electron chi connectivity index (χ4n) is 2.65. The van der Waals surface area contributed by atoms with Gasteiger partial charge in [-0.1, -0.05) is 0 Å². The fraction of sp³-hybridized carbons (Fsp3) is 0.750. The molecule has 1 aliphatic heterocycles. The number of nitrogens with zero attached hydrogens (tertiary/aromatic N) is 3. The second-order valence-electron chi connectivity index (χ2n) is 5.29. The van der Waals surface area contributed by atoms with Gasteiger partial charge >= 0.3 is 0 Å². The highest BCUT2D eigenvalue weighted by Crippen LogP contribution is 2.19. The number of hydrogen-bond acceptors (Lipinski definition) is 4. The molecule has 1 saturated heterocycles. The number of nitrogens with two attached hydrogens (primary N) is 1. The van der Waals surface area contributed by atoms with E-state index in [1.54, 1.807) is 0 Å². The van der Waals surface area contributed by atoms with E-state index in [1.807, 2.05) is 24.0 Å². The third-order valence-electron chi connectivity index (χ3n) is 3.53. The first-order valence-electron chi connectivity index (χ1n) is 6.67. The van der Waals surface area contributed by atoms with Crippen molar-refractivity contribution < 1.29 is 8.42 Å². The van der Waals surface area contributed by atoms with Gasteiger partial charge in [-0.05, 0) is 44.8 Å². The van der Waals surface area contributed by atoms with Gasteiger partial charge in [0.05, 0.1) is 18.5 Å². The van der Waals surface area contributed by atoms with E-state index in [2.05, 4.69) is 10.00 Å². The van der Waals surface area contributed by atoms with Gasteiger partial charge in [-0.25, -0.2) is 13.6 Å². The van der Waals surface area contributed by atoms with E-state index in [-0.39, 0.29) is 5.75 Å². The number of sulfonamides is 1. The molecule has 0 aromatic carbocycles. The summed E-state index contributed by atoms with van der Waals surface area (Å²) in [7, 11) is -3.33. The van der Waals surface area contributed by atoms with E-state index >= 15 is 0 Å². The Morgan fingerprint density at radius 1 is 1.53 bits per heavy atom. The molecule has 0 bridgehead atoms. The summed E-state index contributed by atoms with van der Waals surface area (Å²) in [4.78, 5) is 2.35. The van der Waals surface area contributed by atoms with Gasteiger partial charge in [-0.2, -0.15) is 5.10 Å². The summed E-state index contributed by atoms with van der Waals surface area (Å²) >= 11 is 0. The number of hydrogen-bond donors (Lipinski definition) is 1. The highest BCUT2D eigenvalue weighted by Gasteiger charge is 2.24. The Labute approximate surface area is 114 Å². The molecule has 1 aromatic heterocycles. The molecule has 7 heteroatoms.